The number of aryl methyl sites for hydroxylation is 2. The number of aromatic nitrogens is 2. The van der Waals surface area contributed by atoms with Crippen LogP contribution in [0.3, 0.4) is 0 Å². The van der Waals surface area contributed by atoms with E-state index in [-0.39, 0.29) is 5.82 Å². The van der Waals surface area contributed by atoms with E-state index < -0.39 is 6.10 Å². The molecule has 0 saturated carbocycles. The van der Waals surface area contributed by atoms with Crippen molar-refractivity contribution in [1.82, 2.24) is 9.78 Å². The van der Waals surface area contributed by atoms with Crippen molar-refractivity contribution < 1.29 is 9.50 Å². The highest BCUT2D eigenvalue weighted by Crippen LogP contribution is 2.22. The molecule has 1 atom stereocenters. The van der Waals surface area contributed by atoms with E-state index in [1.165, 1.54) is 6.07 Å². The van der Waals surface area contributed by atoms with Crippen LogP contribution < -0.4 is 0 Å². The second-order valence-electron chi connectivity index (χ2n) is 3.86. The quantitative estimate of drug-likeness (QED) is 0.840. The van der Waals surface area contributed by atoms with E-state index in [9.17, 15) is 9.50 Å². The molecule has 0 aliphatic heterocycles. The van der Waals surface area contributed by atoms with E-state index in [0.717, 1.165) is 0 Å². The number of benzene rings is 1. The fourth-order valence-electron chi connectivity index (χ4n) is 1.61. The molecule has 1 heterocycles. The maximum atomic E-state index is 13.1. The summed E-state index contributed by atoms with van der Waals surface area (Å²) in [6, 6.07) is 4.59. The summed E-state index contributed by atoms with van der Waals surface area (Å²) < 4.78 is 14.7. The molecule has 1 unspecified atom stereocenters. The first-order valence-electron chi connectivity index (χ1n) is 5.00. The molecule has 0 radical (unpaired) electrons. The van der Waals surface area contributed by atoms with Crippen molar-refractivity contribution in [3.63, 3.8) is 0 Å². The fourth-order valence-corrected chi connectivity index (χ4v) is 1.61. The molecular weight excluding hydrogens is 207 g/mol. The summed E-state index contributed by atoms with van der Waals surface area (Å²) in [6.07, 6.45) is 2.58. The highest BCUT2D eigenvalue weighted by molar-refractivity contribution is 5.31. The number of rotatable bonds is 2. The first-order chi connectivity index (χ1) is 7.58. The zero-order valence-corrected chi connectivity index (χ0v) is 9.18. The summed E-state index contributed by atoms with van der Waals surface area (Å²) in [6.45, 7) is 1.68. The summed E-state index contributed by atoms with van der Waals surface area (Å²) in [5.41, 5.74) is 1.90. The van der Waals surface area contributed by atoms with Gasteiger partial charge in [-0.3, -0.25) is 4.68 Å². The van der Waals surface area contributed by atoms with Crippen LogP contribution in [0.2, 0.25) is 0 Å². The summed E-state index contributed by atoms with van der Waals surface area (Å²) in [7, 11) is 1.78. The molecule has 2 rings (SSSR count). The van der Waals surface area contributed by atoms with Crippen LogP contribution in [0, 0.1) is 12.7 Å². The van der Waals surface area contributed by atoms with Crippen molar-refractivity contribution in [2.24, 2.45) is 7.05 Å². The van der Waals surface area contributed by atoms with Crippen LogP contribution in [0.1, 0.15) is 22.8 Å². The Kier molecular flexibility index (Phi) is 2.75. The molecule has 0 aliphatic carbocycles. The van der Waals surface area contributed by atoms with Crippen molar-refractivity contribution in [3.05, 3.63) is 53.1 Å². The molecule has 0 bridgehead atoms. The smallest absolute Gasteiger partial charge is 0.126 e. The number of aliphatic hydroxyl groups excluding tert-OH is 1. The average molecular weight is 220 g/mol. The molecule has 0 spiro atoms. The maximum absolute atomic E-state index is 13.1. The molecule has 84 valence electrons. The zero-order valence-electron chi connectivity index (χ0n) is 9.18. The molecule has 0 fully saturated rings. The first-order valence-corrected chi connectivity index (χ1v) is 5.00. The Hall–Kier alpha value is -1.68. The minimum atomic E-state index is -0.756. The topological polar surface area (TPSA) is 38.1 Å². The van der Waals surface area contributed by atoms with Gasteiger partial charge in [0.15, 0.2) is 0 Å². The van der Waals surface area contributed by atoms with Crippen molar-refractivity contribution in [2.45, 2.75) is 13.0 Å². The van der Waals surface area contributed by atoms with E-state index in [1.54, 1.807) is 43.2 Å². The molecule has 4 heteroatoms. The lowest BCUT2D eigenvalue weighted by atomic mass is 10.0. The number of nitrogens with zero attached hydrogens (tertiary/aromatic N) is 2. The Morgan fingerprint density at radius 2 is 2.12 bits per heavy atom. The highest BCUT2D eigenvalue weighted by atomic mass is 19.1. The number of hydrogen-bond acceptors (Lipinski definition) is 2. The molecule has 0 amide bonds. The second kappa shape index (κ2) is 4.06. The van der Waals surface area contributed by atoms with Gasteiger partial charge in [-0.1, -0.05) is 12.1 Å². The molecule has 0 saturated heterocycles. The van der Waals surface area contributed by atoms with Crippen molar-refractivity contribution in [1.29, 1.82) is 0 Å². The third-order valence-corrected chi connectivity index (χ3v) is 2.54. The van der Waals surface area contributed by atoms with E-state index in [4.69, 9.17) is 0 Å². The van der Waals surface area contributed by atoms with Gasteiger partial charge in [-0.05, 0) is 24.1 Å². The fraction of sp³-hybridized carbons (Fsp3) is 0.250. The summed E-state index contributed by atoms with van der Waals surface area (Å²) in [5.74, 6) is -0.262. The van der Waals surface area contributed by atoms with E-state index >= 15 is 0 Å². The van der Waals surface area contributed by atoms with Gasteiger partial charge in [0.25, 0.3) is 0 Å². The predicted molar refractivity (Wildman–Crippen MR) is 58.4 cm³/mol. The molecule has 1 aromatic carbocycles. The number of halogens is 1. The minimum absolute atomic E-state index is 0.262. The Morgan fingerprint density at radius 1 is 1.38 bits per heavy atom. The van der Waals surface area contributed by atoms with Crippen LogP contribution in [-0.2, 0) is 7.05 Å². The van der Waals surface area contributed by atoms with E-state index in [0.29, 0.717) is 16.7 Å². The molecular formula is C12H13FN2O. The molecule has 3 nitrogen and oxygen atoms in total. The molecule has 0 aliphatic rings. The average Bonchev–Trinajstić information content (AvgIpc) is 2.68. The van der Waals surface area contributed by atoms with Gasteiger partial charge >= 0.3 is 0 Å². The lowest BCUT2D eigenvalue weighted by Gasteiger charge is -2.09. The van der Waals surface area contributed by atoms with E-state index in [1.807, 2.05) is 0 Å². The van der Waals surface area contributed by atoms with Gasteiger partial charge < -0.3 is 5.11 Å². The van der Waals surface area contributed by atoms with Crippen LogP contribution in [0.15, 0.2) is 30.6 Å². The van der Waals surface area contributed by atoms with Gasteiger partial charge in [-0.25, -0.2) is 4.39 Å². The third-order valence-electron chi connectivity index (χ3n) is 2.54. The summed E-state index contributed by atoms with van der Waals surface area (Å²) >= 11 is 0. The SMILES string of the molecule is Cc1cc(C(O)c2cnn(C)c2)ccc1F. The minimum Gasteiger partial charge on any atom is -0.384 e. The molecule has 16 heavy (non-hydrogen) atoms. The van der Waals surface area contributed by atoms with Gasteiger partial charge in [-0.15, -0.1) is 0 Å². The van der Waals surface area contributed by atoms with Gasteiger partial charge in [0.1, 0.15) is 11.9 Å². The largest absolute Gasteiger partial charge is 0.384 e. The van der Waals surface area contributed by atoms with Crippen LogP contribution >= 0.6 is 0 Å². The van der Waals surface area contributed by atoms with Crippen molar-refractivity contribution >= 4 is 0 Å². The monoisotopic (exact) mass is 220 g/mol. The predicted octanol–water partition coefficient (Wildman–Crippen LogP) is 1.95. The van der Waals surface area contributed by atoms with Crippen molar-refractivity contribution in [3.8, 4) is 0 Å². The number of hydrogen-bond donors (Lipinski definition) is 1. The summed E-state index contributed by atoms with van der Waals surface area (Å²) in [5, 5.41) is 14.0. The van der Waals surface area contributed by atoms with Gasteiger partial charge in [0.05, 0.1) is 6.20 Å². The Balaban J connectivity index is 2.33. The lowest BCUT2D eigenvalue weighted by molar-refractivity contribution is 0.220. The Morgan fingerprint density at radius 3 is 2.69 bits per heavy atom. The van der Waals surface area contributed by atoms with Gasteiger partial charge in [-0.2, -0.15) is 5.10 Å². The molecule has 2 aromatic rings. The standard InChI is InChI=1S/C12H13FN2O/c1-8-5-9(3-4-11(8)13)12(16)10-6-14-15(2)7-10/h3-7,12,16H,1-2H3. The van der Waals surface area contributed by atoms with Crippen LogP contribution in [-0.4, -0.2) is 14.9 Å². The number of aliphatic hydroxyl groups is 1. The highest BCUT2D eigenvalue weighted by Gasteiger charge is 2.13. The zero-order chi connectivity index (χ0) is 11.7. The maximum Gasteiger partial charge on any atom is 0.126 e. The third kappa shape index (κ3) is 1.97. The molecule has 1 N–H and O–H groups in total. The normalized spacial score (nSPS) is 12.8. The van der Waals surface area contributed by atoms with Gasteiger partial charge in [0.2, 0.25) is 0 Å². The Bertz CT molecular complexity index is 507. The Labute approximate surface area is 93.2 Å². The van der Waals surface area contributed by atoms with Crippen LogP contribution in [0.5, 0.6) is 0 Å². The van der Waals surface area contributed by atoms with Crippen LogP contribution in [0.4, 0.5) is 4.39 Å². The van der Waals surface area contributed by atoms with Crippen molar-refractivity contribution in [2.75, 3.05) is 0 Å². The van der Waals surface area contributed by atoms with E-state index in [2.05, 4.69) is 5.10 Å². The second-order valence-corrected chi connectivity index (χ2v) is 3.86. The summed E-state index contributed by atoms with van der Waals surface area (Å²) in [4.78, 5) is 0. The lowest BCUT2D eigenvalue weighted by Crippen LogP contribution is -1.99. The first kappa shape index (κ1) is 10.8. The molecule has 1 aromatic heterocycles. The van der Waals surface area contributed by atoms with Crippen LogP contribution in [0.25, 0.3) is 0 Å². The van der Waals surface area contributed by atoms with Gasteiger partial charge in [0, 0.05) is 18.8 Å².